The fraction of sp³-hybridized carbons (Fsp3) is 0.381. The Morgan fingerprint density at radius 2 is 2.03 bits per heavy atom. The fourth-order valence-electron chi connectivity index (χ4n) is 3.03. The van der Waals surface area contributed by atoms with Crippen LogP contribution in [0, 0.1) is 5.82 Å². The van der Waals surface area contributed by atoms with E-state index in [9.17, 15) is 9.18 Å². The van der Waals surface area contributed by atoms with E-state index in [1.807, 2.05) is 23.6 Å². The lowest BCUT2D eigenvalue weighted by Gasteiger charge is -2.21. The quantitative estimate of drug-likeness (QED) is 0.512. The zero-order valence-corrected chi connectivity index (χ0v) is 17.8. The molecule has 1 aromatic carbocycles. The summed E-state index contributed by atoms with van der Waals surface area (Å²) in [6.07, 6.45) is 1.63. The molecule has 0 spiro atoms. The molecule has 0 aliphatic heterocycles. The second-order valence-electron chi connectivity index (χ2n) is 7.25. The molecule has 154 valence electrons. The highest BCUT2D eigenvalue weighted by Crippen LogP contribution is 2.27. The third-order valence-corrected chi connectivity index (χ3v) is 5.54. The molecular formula is C21H25FN4O2S. The molecule has 0 aliphatic rings. The van der Waals surface area contributed by atoms with E-state index in [1.165, 1.54) is 23.9 Å². The summed E-state index contributed by atoms with van der Waals surface area (Å²) in [5, 5.41) is 8.93. The average molecular weight is 417 g/mol. The number of thioether (sulfide) groups is 1. The Morgan fingerprint density at radius 3 is 2.69 bits per heavy atom. The monoisotopic (exact) mass is 416 g/mol. The number of aromatic nitrogens is 3. The number of benzene rings is 1. The van der Waals surface area contributed by atoms with Crippen LogP contribution in [-0.2, 0) is 17.9 Å². The van der Waals surface area contributed by atoms with Crippen molar-refractivity contribution in [3.63, 3.8) is 0 Å². The van der Waals surface area contributed by atoms with Gasteiger partial charge in [-0.2, -0.15) is 0 Å². The predicted octanol–water partition coefficient (Wildman–Crippen LogP) is 4.32. The minimum Gasteiger partial charge on any atom is -0.467 e. The summed E-state index contributed by atoms with van der Waals surface area (Å²) in [5.41, 5.74) is 0.751. The first-order valence-corrected chi connectivity index (χ1v) is 10.3. The first-order chi connectivity index (χ1) is 13.8. The molecule has 3 aromatic rings. The summed E-state index contributed by atoms with van der Waals surface area (Å²) in [7, 11) is 1.72. The van der Waals surface area contributed by atoms with Crippen LogP contribution >= 0.6 is 11.8 Å². The molecular weight excluding hydrogens is 391 g/mol. The lowest BCUT2D eigenvalue weighted by molar-refractivity contribution is -0.129. The summed E-state index contributed by atoms with van der Waals surface area (Å²) in [6.45, 7) is 6.81. The first-order valence-electron chi connectivity index (χ1n) is 9.46. The van der Waals surface area contributed by atoms with Gasteiger partial charge < -0.3 is 9.32 Å². The maximum atomic E-state index is 13.4. The third-order valence-electron chi connectivity index (χ3n) is 4.47. The standard InChI is InChI=1S/C21H25FN4O2S/c1-14(2)19-23-24-21(26(19)13-18-9-6-10-28-18)29-15(3)20(27)25(4)12-16-7-5-8-17(22)11-16/h5-11,14-15H,12-13H2,1-4H3. The summed E-state index contributed by atoms with van der Waals surface area (Å²) in [5.74, 6) is 1.47. The molecule has 2 aromatic heterocycles. The number of carbonyl (C=O) groups is 1. The molecule has 2 heterocycles. The van der Waals surface area contributed by atoms with E-state index >= 15 is 0 Å². The van der Waals surface area contributed by atoms with Crippen molar-refractivity contribution in [2.45, 2.75) is 50.2 Å². The van der Waals surface area contributed by atoms with Gasteiger partial charge in [0.25, 0.3) is 0 Å². The van der Waals surface area contributed by atoms with Crippen LogP contribution in [-0.4, -0.2) is 37.9 Å². The second-order valence-corrected chi connectivity index (χ2v) is 8.55. The van der Waals surface area contributed by atoms with E-state index in [4.69, 9.17) is 4.42 Å². The number of rotatable bonds is 8. The number of hydrogen-bond acceptors (Lipinski definition) is 5. The van der Waals surface area contributed by atoms with Crippen LogP contribution in [0.15, 0.2) is 52.2 Å². The number of furan rings is 1. The van der Waals surface area contributed by atoms with E-state index in [2.05, 4.69) is 24.0 Å². The van der Waals surface area contributed by atoms with Gasteiger partial charge in [-0.25, -0.2) is 4.39 Å². The van der Waals surface area contributed by atoms with E-state index in [0.29, 0.717) is 18.2 Å². The highest BCUT2D eigenvalue weighted by atomic mass is 32.2. The molecule has 0 fully saturated rings. The van der Waals surface area contributed by atoms with Gasteiger partial charge in [0.2, 0.25) is 5.91 Å². The van der Waals surface area contributed by atoms with Crippen LogP contribution in [0.5, 0.6) is 0 Å². The van der Waals surface area contributed by atoms with Crippen LogP contribution in [0.4, 0.5) is 4.39 Å². The van der Waals surface area contributed by atoms with Crippen molar-refractivity contribution in [3.05, 3.63) is 65.6 Å². The van der Waals surface area contributed by atoms with Gasteiger partial charge >= 0.3 is 0 Å². The number of halogens is 1. The second kappa shape index (κ2) is 9.26. The van der Waals surface area contributed by atoms with Crippen molar-refractivity contribution in [1.82, 2.24) is 19.7 Å². The Balaban J connectivity index is 1.72. The minimum absolute atomic E-state index is 0.0575. The van der Waals surface area contributed by atoms with Gasteiger partial charge in [0.1, 0.15) is 17.4 Å². The topological polar surface area (TPSA) is 64.2 Å². The van der Waals surface area contributed by atoms with Crippen molar-refractivity contribution < 1.29 is 13.6 Å². The maximum Gasteiger partial charge on any atom is 0.235 e. The Morgan fingerprint density at radius 1 is 1.24 bits per heavy atom. The molecule has 0 radical (unpaired) electrons. The van der Waals surface area contributed by atoms with Crippen LogP contribution in [0.25, 0.3) is 0 Å². The third kappa shape index (κ3) is 5.26. The first kappa shape index (κ1) is 21.1. The molecule has 0 bridgehead atoms. The van der Waals surface area contributed by atoms with Crippen molar-refractivity contribution in [2.24, 2.45) is 0 Å². The van der Waals surface area contributed by atoms with Crippen molar-refractivity contribution in [2.75, 3.05) is 7.05 Å². The van der Waals surface area contributed by atoms with Gasteiger partial charge in [0, 0.05) is 19.5 Å². The van der Waals surface area contributed by atoms with Gasteiger partial charge in [-0.05, 0) is 36.8 Å². The normalized spacial score (nSPS) is 12.3. The smallest absolute Gasteiger partial charge is 0.235 e. The predicted molar refractivity (Wildman–Crippen MR) is 110 cm³/mol. The Labute approximate surface area is 174 Å². The van der Waals surface area contributed by atoms with Gasteiger partial charge in [0.05, 0.1) is 18.1 Å². The molecule has 1 unspecified atom stereocenters. The van der Waals surface area contributed by atoms with Crippen LogP contribution in [0.3, 0.4) is 0 Å². The lowest BCUT2D eigenvalue weighted by Crippen LogP contribution is -2.33. The van der Waals surface area contributed by atoms with E-state index in [0.717, 1.165) is 17.1 Å². The maximum absolute atomic E-state index is 13.4. The summed E-state index contributed by atoms with van der Waals surface area (Å²) in [4.78, 5) is 14.4. The molecule has 1 amide bonds. The Bertz CT molecular complexity index is 956. The zero-order valence-electron chi connectivity index (χ0n) is 17.0. The van der Waals surface area contributed by atoms with Crippen molar-refractivity contribution in [3.8, 4) is 0 Å². The highest BCUT2D eigenvalue weighted by Gasteiger charge is 2.24. The zero-order chi connectivity index (χ0) is 21.0. The molecule has 3 rings (SSSR count). The molecule has 29 heavy (non-hydrogen) atoms. The molecule has 0 saturated heterocycles. The van der Waals surface area contributed by atoms with Gasteiger partial charge in [-0.15, -0.1) is 10.2 Å². The van der Waals surface area contributed by atoms with E-state index < -0.39 is 0 Å². The molecule has 8 heteroatoms. The molecule has 0 aliphatic carbocycles. The molecule has 0 N–H and O–H groups in total. The number of nitrogens with zero attached hydrogens (tertiary/aromatic N) is 4. The Kier molecular flexibility index (Phi) is 6.74. The fourth-order valence-corrected chi connectivity index (χ4v) is 4.00. The minimum atomic E-state index is -0.367. The highest BCUT2D eigenvalue weighted by molar-refractivity contribution is 8.00. The van der Waals surface area contributed by atoms with Crippen LogP contribution in [0.1, 0.15) is 43.8 Å². The molecule has 1 atom stereocenters. The lowest BCUT2D eigenvalue weighted by atomic mass is 10.2. The SMILES string of the molecule is CC(Sc1nnc(C(C)C)n1Cc1ccco1)C(=O)N(C)Cc1cccc(F)c1. The Hall–Kier alpha value is -2.61. The van der Waals surface area contributed by atoms with Gasteiger partial charge in [-0.1, -0.05) is 37.7 Å². The summed E-state index contributed by atoms with van der Waals surface area (Å²) < 4.78 is 20.9. The molecule has 6 nitrogen and oxygen atoms in total. The molecule has 0 saturated carbocycles. The van der Waals surface area contributed by atoms with Crippen LogP contribution < -0.4 is 0 Å². The van der Waals surface area contributed by atoms with E-state index in [1.54, 1.807) is 30.3 Å². The number of amides is 1. The van der Waals surface area contributed by atoms with E-state index in [-0.39, 0.29) is 22.9 Å². The number of hydrogen-bond donors (Lipinski definition) is 0. The largest absolute Gasteiger partial charge is 0.467 e. The van der Waals surface area contributed by atoms with Crippen molar-refractivity contribution >= 4 is 17.7 Å². The summed E-state index contributed by atoms with van der Waals surface area (Å²) in [6, 6.07) is 10.0. The summed E-state index contributed by atoms with van der Waals surface area (Å²) >= 11 is 1.36. The van der Waals surface area contributed by atoms with Gasteiger partial charge in [0.15, 0.2) is 5.16 Å². The van der Waals surface area contributed by atoms with Gasteiger partial charge in [-0.3, -0.25) is 9.36 Å². The van der Waals surface area contributed by atoms with Crippen molar-refractivity contribution in [1.29, 1.82) is 0 Å². The number of carbonyl (C=O) groups excluding carboxylic acids is 1. The average Bonchev–Trinajstić information content (AvgIpc) is 3.32. The van der Waals surface area contributed by atoms with Crippen LogP contribution in [0.2, 0.25) is 0 Å².